The van der Waals surface area contributed by atoms with Crippen molar-refractivity contribution in [3.63, 3.8) is 0 Å². The van der Waals surface area contributed by atoms with Gasteiger partial charge in [0.15, 0.2) is 0 Å². The largest absolute Gasteiger partial charge is 0.497 e. The van der Waals surface area contributed by atoms with Gasteiger partial charge in [-0.25, -0.2) is 4.79 Å². The predicted octanol–water partition coefficient (Wildman–Crippen LogP) is 18.8. The molecule has 432 valence electrons. The molecule has 9 nitrogen and oxygen atoms in total. The summed E-state index contributed by atoms with van der Waals surface area (Å²) in [5.74, 6) is 1.25. The Morgan fingerprint density at radius 1 is 0.398 bits per heavy atom. The van der Waals surface area contributed by atoms with E-state index in [9.17, 15) is 4.79 Å². The maximum absolute atomic E-state index is 11.5. The maximum atomic E-state index is 11.5. The zero-order valence-electron chi connectivity index (χ0n) is 48.9. The first-order valence-electron chi connectivity index (χ1n) is 28.8. The lowest BCUT2D eigenvalue weighted by Gasteiger charge is -2.16. The summed E-state index contributed by atoms with van der Waals surface area (Å²) >= 11 is 12.8. The standard InChI is InChI=1S/C17H13NO2.C16H11Cl2NO.C15H13NO.C15H13N.C14H11N/c1-20-17(19)15-7-6-12-9-14(5-4-13(12)10-15)16-3-2-8-18-11-16;1-20-14-7-6-12-13(16(14)18)5-4-11(15(12)17)10-3-2-8-19-9-10;1-17-15-5-4-11-7-13(8-14(11)9-15)12-3-2-6-16-10-12;1-2-5-13-10-14(8-7-12(13)4-1)15-6-3-9-16-11-15;1-2-5-12-9-14(8-11(12)4-1)13-6-3-7-15-10-13/h2-11H,1H3;2-9H,1H3;2-7,9-10H,8H2,1H3;1-6,9-11H,7-8H2;1-8,10H,9H2. The molecule has 5 heterocycles. The van der Waals surface area contributed by atoms with Crippen molar-refractivity contribution in [2.45, 2.75) is 25.7 Å². The van der Waals surface area contributed by atoms with E-state index in [-0.39, 0.29) is 5.97 Å². The summed E-state index contributed by atoms with van der Waals surface area (Å²) in [6, 6.07) is 62.8. The van der Waals surface area contributed by atoms with Crippen LogP contribution in [0.4, 0.5) is 0 Å². The molecule has 0 spiro atoms. The Labute approximate surface area is 523 Å². The monoisotopic (exact) mass is 1190 g/mol. The highest BCUT2D eigenvalue weighted by Crippen LogP contribution is 2.41. The van der Waals surface area contributed by atoms with Crippen molar-refractivity contribution in [2.24, 2.45) is 0 Å². The first-order chi connectivity index (χ1) is 43.2. The van der Waals surface area contributed by atoms with E-state index in [1.54, 1.807) is 45.1 Å². The molecule has 5 aromatic heterocycles. The van der Waals surface area contributed by atoms with Crippen LogP contribution in [0.5, 0.6) is 11.5 Å². The lowest BCUT2D eigenvalue weighted by atomic mass is 9.89. The molecule has 7 aromatic carbocycles. The fourth-order valence-corrected chi connectivity index (χ4v) is 11.5. The van der Waals surface area contributed by atoms with E-state index in [1.165, 1.54) is 73.9 Å². The van der Waals surface area contributed by atoms with E-state index < -0.39 is 0 Å². The molecule has 88 heavy (non-hydrogen) atoms. The minimum atomic E-state index is -0.316. The molecule has 0 N–H and O–H groups in total. The number of nitrogens with zero attached hydrogens (tertiary/aromatic N) is 5. The molecule has 0 saturated carbocycles. The first-order valence-corrected chi connectivity index (χ1v) is 29.5. The van der Waals surface area contributed by atoms with Crippen LogP contribution in [-0.4, -0.2) is 52.2 Å². The van der Waals surface area contributed by atoms with Gasteiger partial charge in [-0.2, -0.15) is 0 Å². The van der Waals surface area contributed by atoms with E-state index in [1.807, 2.05) is 134 Å². The molecule has 0 fully saturated rings. The number of ether oxygens (including phenoxy) is 3. The van der Waals surface area contributed by atoms with Gasteiger partial charge in [-0.15, -0.1) is 0 Å². The van der Waals surface area contributed by atoms with Crippen molar-refractivity contribution in [1.29, 1.82) is 0 Å². The van der Waals surface area contributed by atoms with Crippen molar-refractivity contribution >= 4 is 85.7 Å². The van der Waals surface area contributed by atoms with Crippen molar-refractivity contribution in [3.05, 3.63) is 316 Å². The second kappa shape index (κ2) is 28.7. The summed E-state index contributed by atoms with van der Waals surface area (Å²) < 4.78 is 15.2. The molecule has 0 saturated heterocycles. The van der Waals surface area contributed by atoms with Gasteiger partial charge in [0.1, 0.15) is 11.5 Å². The Kier molecular flexibility index (Phi) is 19.4. The number of esters is 1. The highest BCUT2D eigenvalue weighted by atomic mass is 35.5. The maximum Gasteiger partial charge on any atom is 0.337 e. The van der Waals surface area contributed by atoms with Gasteiger partial charge in [-0.3, -0.25) is 24.9 Å². The van der Waals surface area contributed by atoms with Crippen LogP contribution < -0.4 is 9.47 Å². The summed E-state index contributed by atoms with van der Waals surface area (Å²) in [7, 11) is 4.68. The number of benzene rings is 7. The Bertz CT molecular complexity index is 4490. The molecular formula is C77H61Cl2N5O4. The van der Waals surface area contributed by atoms with Crippen molar-refractivity contribution in [3.8, 4) is 33.8 Å². The van der Waals surface area contributed by atoms with E-state index >= 15 is 0 Å². The molecule has 11 heteroatoms. The van der Waals surface area contributed by atoms with Crippen LogP contribution in [0.15, 0.2) is 250 Å². The fourth-order valence-electron chi connectivity index (χ4n) is 10.8. The number of carbonyl (C=O) groups is 1. The third-order valence-corrected chi connectivity index (χ3v) is 16.3. The van der Waals surface area contributed by atoms with E-state index in [2.05, 4.69) is 128 Å². The minimum Gasteiger partial charge on any atom is -0.497 e. The van der Waals surface area contributed by atoms with Gasteiger partial charge in [-0.1, -0.05) is 157 Å². The Morgan fingerprint density at radius 3 is 1.50 bits per heavy atom. The summed E-state index contributed by atoms with van der Waals surface area (Å²) in [5.41, 5.74) is 20.6. The molecule has 0 aliphatic heterocycles. The molecule has 12 aromatic rings. The zero-order valence-corrected chi connectivity index (χ0v) is 50.4. The van der Waals surface area contributed by atoms with Crippen LogP contribution in [0, 0.1) is 0 Å². The van der Waals surface area contributed by atoms with Gasteiger partial charge in [0.25, 0.3) is 0 Å². The number of rotatable bonds is 8. The van der Waals surface area contributed by atoms with Gasteiger partial charge in [0.2, 0.25) is 0 Å². The number of hydrogen-bond acceptors (Lipinski definition) is 9. The second-order valence-electron chi connectivity index (χ2n) is 20.9. The van der Waals surface area contributed by atoms with E-state index in [0.29, 0.717) is 21.4 Å². The number of methoxy groups -OCH3 is 3. The lowest BCUT2D eigenvalue weighted by Crippen LogP contribution is -2.00. The highest BCUT2D eigenvalue weighted by Gasteiger charge is 2.17. The molecule has 0 radical (unpaired) electrons. The van der Waals surface area contributed by atoms with Crippen LogP contribution >= 0.6 is 23.2 Å². The molecule has 0 amide bonds. The van der Waals surface area contributed by atoms with Crippen LogP contribution in [0.2, 0.25) is 10.0 Å². The number of aryl methyl sites for hydroxylation is 1. The Morgan fingerprint density at radius 2 is 0.909 bits per heavy atom. The minimum absolute atomic E-state index is 0.316. The van der Waals surface area contributed by atoms with Gasteiger partial charge < -0.3 is 14.2 Å². The molecular weight excluding hydrogens is 1130 g/mol. The Hall–Kier alpha value is -10.3. The third-order valence-electron chi connectivity index (χ3n) is 15.5. The van der Waals surface area contributed by atoms with Crippen LogP contribution in [0.1, 0.15) is 66.8 Å². The predicted molar refractivity (Wildman–Crippen MR) is 360 cm³/mol. The van der Waals surface area contributed by atoms with E-state index in [0.717, 1.165) is 75.2 Å². The third kappa shape index (κ3) is 14.3. The first kappa shape index (κ1) is 59.4. The molecule has 3 aliphatic rings. The topological polar surface area (TPSA) is 109 Å². The zero-order chi connectivity index (χ0) is 60.6. The number of hydrogen-bond donors (Lipinski definition) is 0. The van der Waals surface area contributed by atoms with Crippen molar-refractivity contribution in [1.82, 2.24) is 24.9 Å². The Balaban J connectivity index is 0.000000114. The van der Waals surface area contributed by atoms with Crippen molar-refractivity contribution in [2.75, 3.05) is 21.3 Å². The second-order valence-corrected chi connectivity index (χ2v) is 21.7. The average Bonchev–Trinajstić information content (AvgIpc) is 4.35. The highest BCUT2D eigenvalue weighted by molar-refractivity contribution is 6.42. The summed E-state index contributed by atoms with van der Waals surface area (Å²) in [6.07, 6.45) is 29.3. The number of pyridine rings is 5. The molecule has 15 rings (SSSR count). The molecule has 0 bridgehead atoms. The fraction of sp³-hybridized carbons (Fsp3) is 0.0909. The molecule has 0 atom stereocenters. The number of halogens is 2. The number of carbonyl (C=O) groups excluding carboxylic acids is 1. The lowest BCUT2D eigenvalue weighted by molar-refractivity contribution is 0.0601. The van der Waals surface area contributed by atoms with E-state index in [4.69, 9.17) is 37.4 Å². The number of fused-ring (bicyclic) bond motifs is 5. The van der Waals surface area contributed by atoms with Gasteiger partial charge in [0, 0.05) is 89.4 Å². The van der Waals surface area contributed by atoms with Crippen molar-refractivity contribution < 1.29 is 19.0 Å². The van der Waals surface area contributed by atoms with Gasteiger partial charge in [-0.05, 0) is 182 Å². The van der Waals surface area contributed by atoms with Gasteiger partial charge >= 0.3 is 5.97 Å². The molecule has 3 aliphatic carbocycles. The van der Waals surface area contributed by atoms with Crippen LogP contribution in [-0.2, 0) is 24.0 Å². The smallest absolute Gasteiger partial charge is 0.337 e. The summed E-state index contributed by atoms with van der Waals surface area (Å²) in [4.78, 5) is 32.3. The van der Waals surface area contributed by atoms with Crippen LogP contribution in [0.3, 0.4) is 0 Å². The average molecular weight is 1190 g/mol. The SMILES string of the molecule is C1=C(c2cccnc2)CCc2ccccc21.C1=C(c2cccnc2)Cc2ccccc21.COC(=O)c1ccc2cc(-c3cccnc3)ccc2c1.COc1ccc2c(Cl)c(-c3cccnc3)ccc2c1Cl.COc1ccc2c(c1)CC(c1cccnc1)=C2. The molecule has 0 unspecified atom stereocenters. The summed E-state index contributed by atoms with van der Waals surface area (Å²) in [5, 5.41) is 5.12. The van der Waals surface area contributed by atoms with Crippen LogP contribution in [0.25, 0.3) is 78.7 Å². The summed E-state index contributed by atoms with van der Waals surface area (Å²) in [6.45, 7) is 0. The normalized spacial score (nSPS) is 12.2. The quantitative estimate of drug-likeness (QED) is 0.137. The van der Waals surface area contributed by atoms with Gasteiger partial charge in [0.05, 0.1) is 36.9 Å². The number of allylic oxidation sites excluding steroid dienone is 3. The number of aromatic nitrogens is 5.